The number of nitriles is 1. The summed E-state index contributed by atoms with van der Waals surface area (Å²) in [7, 11) is -3.66. The first-order chi connectivity index (χ1) is 6.31. The molecular weight excluding hydrogens is 204 g/mol. The highest BCUT2D eigenvalue weighted by atomic mass is 32.2. The van der Waals surface area contributed by atoms with E-state index in [4.69, 9.17) is 10.4 Å². The van der Waals surface area contributed by atoms with E-state index >= 15 is 0 Å². The van der Waals surface area contributed by atoms with Crippen molar-refractivity contribution in [2.45, 2.75) is 38.0 Å². The fourth-order valence-electron chi connectivity index (χ4n) is 0.717. The van der Waals surface area contributed by atoms with E-state index in [0.717, 1.165) is 0 Å². The lowest BCUT2D eigenvalue weighted by molar-refractivity contribution is 0.191. The molecular formula is C8H16N2O3S. The van der Waals surface area contributed by atoms with E-state index in [1.165, 1.54) is 6.92 Å². The predicted molar refractivity (Wildman–Crippen MR) is 52.9 cm³/mol. The van der Waals surface area contributed by atoms with E-state index in [0.29, 0.717) is 6.42 Å². The second-order valence-electron chi connectivity index (χ2n) is 3.49. The Hall–Kier alpha value is -0.640. The molecule has 5 nitrogen and oxygen atoms in total. The van der Waals surface area contributed by atoms with Crippen LogP contribution in [0.4, 0.5) is 0 Å². The summed E-state index contributed by atoms with van der Waals surface area (Å²) in [5.41, 5.74) is -0.885. The Labute approximate surface area is 84.8 Å². The van der Waals surface area contributed by atoms with E-state index in [-0.39, 0.29) is 6.61 Å². The first kappa shape index (κ1) is 13.4. The van der Waals surface area contributed by atoms with Gasteiger partial charge in [-0.3, -0.25) is 0 Å². The van der Waals surface area contributed by atoms with Crippen molar-refractivity contribution in [3.05, 3.63) is 0 Å². The maximum atomic E-state index is 11.5. The van der Waals surface area contributed by atoms with Crippen LogP contribution in [0.15, 0.2) is 0 Å². The van der Waals surface area contributed by atoms with Gasteiger partial charge in [0.15, 0.2) is 5.25 Å². The first-order valence-electron chi connectivity index (χ1n) is 4.34. The maximum absolute atomic E-state index is 11.5. The van der Waals surface area contributed by atoms with Gasteiger partial charge in [-0.2, -0.15) is 5.26 Å². The Morgan fingerprint density at radius 3 is 2.43 bits per heavy atom. The summed E-state index contributed by atoms with van der Waals surface area (Å²) in [5.74, 6) is 0. The molecule has 0 fully saturated rings. The van der Waals surface area contributed by atoms with Gasteiger partial charge in [0.25, 0.3) is 0 Å². The Morgan fingerprint density at radius 2 is 2.14 bits per heavy atom. The van der Waals surface area contributed by atoms with Gasteiger partial charge in [0.1, 0.15) is 0 Å². The van der Waals surface area contributed by atoms with Crippen LogP contribution in [0, 0.1) is 11.3 Å². The van der Waals surface area contributed by atoms with Crippen LogP contribution in [-0.2, 0) is 10.0 Å². The lowest BCUT2D eigenvalue weighted by atomic mass is 10.0. The van der Waals surface area contributed by atoms with Gasteiger partial charge in [0, 0.05) is 0 Å². The van der Waals surface area contributed by atoms with Crippen LogP contribution >= 0.6 is 0 Å². The Morgan fingerprint density at radius 1 is 1.64 bits per heavy atom. The molecule has 0 aliphatic rings. The zero-order valence-electron chi connectivity index (χ0n) is 8.61. The molecule has 0 aromatic heterocycles. The normalized spacial score (nSPS) is 18.2. The van der Waals surface area contributed by atoms with E-state index in [1.54, 1.807) is 19.9 Å². The molecule has 0 amide bonds. The molecule has 82 valence electrons. The third-order valence-electron chi connectivity index (χ3n) is 2.17. The number of hydrogen-bond acceptors (Lipinski definition) is 4. The highest BCUT2D eigenvalue weighted by Crippen LogP contribution is 2.11. The van der Waals surface area contributed by atoms with Crippen LogP contribution < -0.4 is 4.72 Å². The number of rotatable bonds is 5. The van der Waals surface area contributed by atoms with E-state index in [2.05, 4.69) is 4.72 Å². The van der Waals surface area contributed by atoms with Gasteiger partial charge in [0.2, 0.25) is 10.0 Å². The van der Waals surface area contributed by atoms with Crippen LogP contribution in [0.3, 0.4) is 0 Å². The fourth-order valence-corrected chi connectivity index (χ4v) is 1.93. The summed E-state index contributed by atoms with van der Waals surface area (Å²) in [6.45, 7) is 4.36. The van der Waals surface area contributed by atoms with E-state index < -0.39 is 20.8 Å². The molecule has 2 unspecified atom stereocenters. The van der Waals surface area contributed by atoms with Crippen molar-refractivity contribution < 1.29 is 13.5 Å². The van der Waals surface area contributed by atoms with Crippen molar-refractivity contribution in [3.63, 3.8) is 0 Å². The number of nitrogens with one attached hydrogen (secondary N) is 1. The van der Waals surface area contributed by atoms with Crippen LogP contribution in [0.2, 0.25) is 0 Å². The lowest BCUT2D eigenvalue weighted by Crippen LogP contribution is -2.50. The molecule has 2 N–H and O–H groups in total. The second-order valence-corrected chi connectivity index (χ2v) is 5.49. The average molecular weight is 220 g/mol. The van der Waals surface area contributed by atoms with Crippen molar-refractivity contribution in [1.29, 1.82) is 5.26 Å². The summed E-state index contributed by atoms with van der Waals surface area (Å²) < 4.78 is 25.2. The number of aliphatic hydroxyl groups excluding tert-OH is 1. The van der Waals surface area contributed by atoms with Crippen LogP contribution in [-0.4, -0.2) is 30.9 Å². The molecule has 0 rings (SSSR count). The molecule has 0 aromatic rings. The third-order valence-corrected chi connectivity index (χ3v) is 3.98. The minimum Gasteiger partial charge on any atom is -0.394 e. The summed E-state index contributed by atoms with van der Waals surface area (Å²) >= 11 is 0. The Kier molecular flexibility index (Phi) is 4.52. The molecule has 2 atom stereocenters. The summed E-state index contributed by atoms with van der Waals surface area (Å²) in [6.07, 6.45) is 0.459. The van der Waals surface area contributed by atoms with Gasteiger partial charge < -0.3 is 5.11 Å². The van der Waals surface area contributed by atoms with Gasteiger partial charge in [-0.05, 0) is 20.3 Å². The summed E-state index contributed by atoms with van der Waals surface area (Å²) in [5, 5.41) is 16.4. The van der Waals surface area contributed by atoms with Crippen molar-refractivity contribution in [2.75, 3.05) is 6.61 Å². The monoisotopic (exact) mass is 220 g/mol. The zero-order chi connectivity index (χ0) is 11.4. The molecule has 0 aliphatic heterocycles. The third kappa shape index (κ3) is 3.25. The van der Waals surface area contributed by atoms with Crippen molar-refractivity contribution >= 4 is 10.0 Å². The number of nitrogens with zero attached hydrogens (tertiary/aromatic N) is 1. The van der Waals surface area contributed by atoms with Gasteiger partial charge >= 0.3 is 0 Å². The molecule has 0 aromatic carbocycles. The Bertz CT molecular complexity index is 314. The molecule has 6 heteroatoms. The molecule has 0 bridgehead atoms. The largest absolute Gasteiger partial charge is 0.394 e. The van der Waals surface area contributed by atoms with E-state index in [9.17, 15) is 8.42 Å². The molecule has 0 saturated heterocycles. The molecule has 0 saturated carbocycles. The SMILES string of the molecule is CCC(C)(CO)NS(=O)(=O)C(C)C#N. The quantitative estimate of drug-likeness (QED) is 0.681. The maximum Gasteiger partial charge on any atom is 0.228 e. The first-order valence-corrected chi connectivity index (χ1v) is 5.89. The van der Waals surface area contributed by atoms with Crippen LogP contribution in [0.5, 0.6) is 0 Å². The van der Waals surface area contributed by atoms with Crippen LogP contribution in [0.1, 0.15) is 27.2 Å². The average Bonchev–Trinajstić information content (AvgIpc) is 2.15. The smallest absolute Gasteiger partial charge is 0.228 e. The second kappa shape index (κ2) is 4.73. The zero-order valence-corrected chi connectivity index (χ0v) is 9.43. The van der Waals surface area contributed by atoms with Gasteiger partial charge in [-0.25, -0.2) is 13.1 Å². The highest BCUT2D eigenvalue weighted by molar-refractivity contribution is 7.90. The fraction of sp³-hybridized carbons (Fsp3) is 0.875. The van der Waals surface area contributed by atoms with Gasteiger partial charge in [-0.15, -0.1) is 0 Å². The van der Waals surface area contributed by atoms with Gasteiger partial charge in [-0.1, -0.05) is 6.92 Å². The summed E-state index contributed by atoms with van der Waals surface area (Å²) in [6, 6.07) is 1.64. The molecule has 0 spiro atoms. The van der Waals surface area contributed by atoms with Crippen molar-refractivity contribution in [3.8, 4) is 6.07 Å². The number of aliphatic hydroxyl groups is 1. The molecule has 0 radical (unpaired) electrons. The lowest BCUT2D eigenvalue weighted by Gasteiger charge is -2.27. The topological polar surface area (TPSA) is 90.2 Å². The van der Waals surface area contributed by atoms with Crippen molar-refractivity contribution in [1.82, 2.24) is 4.72 Å². The molecule has 14 heavy (non-hydrogen) atoms. The van der Waals surface area contributed by atoms with Crippen molar-refractivity contribution in [2.24, 2.45) is 0 Å². The highest BCUT2D eigenvalue weighted by Gasteiger charge is 2.30. The van der Waals surface area contributed by atoms with Gasteiger partial charge in [0.05, 0.1) is 18.2 Å². The van der Waals surface area contributed by atoms with E-state index in [1.807, 2.05) is 0 Å². The molecule has 0 heterocycles. The molecule has 0 aliphatic carbocycles. The summed E-state index contributed by atoms with van der Waals surface area (Å²) in [4.78, 5) is 0. The van der Waals surface area contributed by atoms with Crippen LogP contribution in [0.25, 0.3) is 0 Å². The number of sulfonamides is 1. The number of hydrogen-bond donors (Lipinski definition) is 2. The predicted octanol–water partition coefficient (Wildman–Crippen LogP) is -0.0211. The minimum atomic E-state index is -3.66. The Balaban J connectivity index is 4.76. The standard InChI is InChI=1S/C8H16N2O3S/c1-4-8(3,6-11)10-14(12,13)7(2)5-9/h7,10-11H,4,6H2,1-3H3. The minimum absolute atomic E-state index is 0.291.